The van der Waals surface area contributed by atoms with Gasteiger partial charge in [0.05, 0.1) is 0 Å². The number of hydrogen-bond donors (Lipinski definition) is 1. The Hall–Kier alpha value is -0.870. The summed E-state index contributed by atoms with van der Waals surface area (Å²) in [5.41, 5.74) is 7.57. The summed E-state index contributed by atoms with van der Waals surface area (Å²) in [5.74, 6) is 0.0960. The number of amides is 1. The summed E-state index contributed by atoms with van der Waals surface area (Å²) in [5, 5.41) is 0. The van der Waals surface area contributed by atoms with Crippen molar-refractivity contribution in [1.29, 1.82) is 0 Å². The average molecular weight is 297 g/mol. The molecular weight excluding hydrogens is 280 g/mol. The molecule has 0 radical (unpaired) electrons. The van der Waals surface area contributed by atoms with Crippen LogP contribution in [0, 0.1) is 6.92 Å². The molecule has 92 valence electrons. The lowest BCUT2D eigenvalue weighted by atomic mass is 10.1. The second kappa shape index (κ2) is 5.19. The number of aryl methyl sites for hydroxylation is 1. The first kappa shape index (κ1) is 12.6. The number of hydrogen-bond acceptors (Lipinski definition) is 2. The van der Waals surface area contributed by atoms with Gasteiger partial charge < -0.3 is 10.6 Å². The van der Waals surface area contributed by atoms with Gasteiger partial charge in [0.2, 0.25) is 0 Å². The summed E-state index contributed by atoms with van der Waals surface area (Å²) < 4.78 is 0.979. The summed E-state index contributed by atoms with van der Waals surface area (Å²) >= 11 is 3.46. The maximum Gasteiger partial charge on any atom is 0.254 e. The van der Waals surface area contributed by atoms with E-state index >= 15 is 0 Å². The van der Waals surface area contributed by atoms with Crippen LogP contribution in [0.1, 0.15) is 28.8 Å². The summed E-state index contributed by atoms with van der Waals surface area (Å²) in [4.78, 5) is 14.2. The van der Waals surface area contributed by atoms with Gasteiger partial charge in [-0.1, -0.05) is 22.0 Å². The molecule has 1 unspecified atom stereocenters. The Morgan fingerprint density at radius 3 is 3.00 bits per heavy atom. The average Bonchev–Trinajstić information content (AvgIpc) is 2.80. The molecule has 17 heavy (non-hydrogen) atoms. The topological polar surface area (TPSA) is 46.3 Å². The standard InChI is InChI=1S/C13H17BrN2O/c1-9-4-5-10(7-12(9)14)13(17)16-6-2-3-11(16)8-15/h4-5,7,11H,2-3,6,8,15H2,1H3. The molecule has 4 heteroatoms. The van der Waals surface area contributed by atoms with Crippen molar-refractivity contribution in [3.05, 3.63) is 33.8 Å². The van der Waals surface area contributed by atoms with Crippen LogP contribution in [0.25, 0.3) is 0 Å². The van der Waals surface area contributed by atoms with Crippen molar-refractivity contribution in [3.8, 4) is 0 Å². The quantitative estimate of drug-likeness (QED) is 0.910. The first-order valence-corrected chi connectivity index (χ1v) is 6.70. The Kier molecular flexibility index (Phi) is 3.84. The van der Waals surface area contributed by atoms with Crippen molar-refractivity contribution in [2.24, 2.45) is 5.73 Å². The summed E-state index contributed by atoms with van der Waals surface area (Å²) in [6.07, 6.45) is 2.08. The van der Waals surface area contributed by atoms with Crippen molar-refractivity contribution in [3.63, 3.8) is 0 Å². The molecule has 0 saturated carbocycles. The molecule has 1 heterocycles. The molecule has 1 saturated heterocycles. The van der Waals surface area contributed by atoms with Gasteiger partial charge in [0.25, 0.3) is 5.91 Å². The van der Waals surface area contributed by atoms with E-state index in [1.54, 1.807) is 0 Å². The van der Waals surface area contributed by atoms with Gasteiger partial charge in [-0.3, -0.25) is 4.79 Å². The number of nitrogens with zero attached hydrogens (tertiary/aromatic N) is 1. The monoisotopic (exact) mass is 296 g/mol. The molecule has 0 aliphatic carbocycles. The molecule has 1 aromatic carbocycles. The van der Waals surface area contributed by atoms with E-state index in [0.29, 0.717) is 6.54 Å². The van der Waals surface area contributed by atoms with Crippen LogP contribution in [-0.4, -0.2) is 29.9 Å². The fourth-order valence-corrected chi connectivity index (χ4v) is 2.62. The van der Waals surface area contributed by atoms with E-state index in [1.807, 2.05) is 30.0 Å². The smallest absolute Gasteiger partial charge is 0.254 e. The molecule has 1 fully saturated rings. The van der Waals surface area contributed by atoms with Gasteiger partial charge in [-0.05, 0) is 37.5 Å². The first-order valence-electron chi connectivity index (χ1n) is 5.90. The van der Waals surface area contributed by atoms with Crippen molar-refractivity contribution in [2.45, 2.75) is 25.8 Å². The van der Waals surface area contributed by atoms with Gasteiger partial charge >= 0.3 is 0 Å². The summed E-state index contributed by atoms with van der Waals surface area (Å²) in [6.45, 7) is 3.39. The van der Waals surface area contributed by atoms with Crippen molar-refractivity contribution in [2.75, 3.05) is 13.1 Å². The highest BCUT2D eigenvalue weighted by Gasteiger charge is 2.28. The molecular formula is C13H17BrN2O. The van der Waals surface area contributed by atoms with Gasteiger partial charge in [-0.15, -0.1) is 0 Å². The SMILES string of the molecule is Cc1ccc(C(=O)N2CCCC2CN)cc1Br. The largest absolute Gasteiger partial charge is 0.334 e. The Balaban J connectivity index is 2.21. The highest BCUT2D eigenvalue weighted by molar-refractivity contribution is 9.10. The molecule has 1 aliphatic heterocycles. The van der Waals surface area contributed by atoms with Crippen LogP contribution in [0.3, 0.4) is 0 Å². The third-order valence-electron chi connectivity index (χ3n) is 3.33. The highest BCUT2D eigenvalue weighted by atomic mass is 79.9. The van der Waals surface area contributed by atoms with E-state index in [-0.39, 0.29) is 11.9 Å². The molecule has 1 amide bonds. The number of rotatable bonds is 2. The van der Waals surface area contributed by atoms with Gasteiger partial charge in [-0.25, -0.2) is 0 Å². The third kappa shape index (κ3) is 2.53. The molecule has 1 aliphatic rings. The minimum Gasteiger partial charge on any atom is -0.334 e. The minimum atomic E-state index is 0.0960. The Labute approximate surface area is 110 Å². The van der Waals surface area contributed by atoms with Crippen LogP contribution < -0.4 is 5.73 Å². The van der Waals surface area contributed by atoms with Crippen LogP contribution in [0.2, 0.25) is 0 Å². The molecule has 1 atom stereocenters. The fraction of sp³-hybridized carbons (Fsp3) is 0.462. The van der Waals surface area contributed by atoms with E-state index in [0.717, 1.165) is 35.0 Å². The van der Waals surface area contributed by atoms with Gasteiger partial charge in [0.1, 0.15) is 0 Å². The van der Waals surface area contributed by atoms with E-state index in [9.17, 15) is 4.79 Å². The van der Waals surface area contributed by atoms with E-state index < -0.39 is 0 Å². The maximum absolute atomic E-state index is 12.3. The maximum atomic E-state index is 12.3. The lowest BCUT2D eigenvalue weighted by Crippen LogP contribution is -2.39. The minimum absolute atomic E-state index is 0.0960. The number of likely N-dealkylation sites (tertiary alicyclic amines) is 1. The van der Waals surface area contributed by atoms with Crippen LogP contribution >= 0.6 is 15.9 Å². The van der Waals surface area contributed by atoms with Crippen molar-refractivity contribution >= 4 is 21.8 Å². The third-order valence-corrected chi connectivity index (χ3v) is 4.18. The lowest BCUT2D eigenvalue weighted by molar-refractivity contribution is 0.0741. The fourth-order valence-electron chi connectivity index (χ4n) is 2.24. The lowest BCUT2D eigenvalue weighted by Gasteiger charge is -2.23. The molecule has 0 spiro atoms. The number of halogens is 1. The molecule has 2 rings (SSSR count). The Morgan fingerprint density at radius 1 is 1.59 bits per heavy atom. The number of nitrogens with two attached hydrogens (primary N) is 1. The van der Waals surface area contributed by atoms with Gasteiger partial charge in [0, 0.05) is 29.2 Å². The zero-order valence-corrected chi connectivity index (χ0v) is 11.5. The Morgan fingerprint density at radius 2 is 2.35 bits per heavy atom. The van der Waals surface area contributed by atoms with Crippen LogP contribution in [0.4, 0.5) is 0 Å². The molecule has 3 nitrogen and oxygen atoms in total. The zero-order valence-electron chi connectivity index (χ0n) is 9.95. The number of carbonyl (C=O) groups excluding carboxylic acids is 1. The molecule has 0 bridgehead atoms. The van der Waals surface area contributed by atoms with Crippen molar-refractivity contribution < 1.29 is 4.79 Å². The second-order valence-corrected chi connectivity index (χ2v) is 5.35. The van der Waals surface area contributed by atoms with Crippen LogP contribution in [-0.2, 0) is 0 Å². The predicted molar refractivity (Wildman–Crippen MR) is 72.0 cm³/mol. The normalized spacial score (nSPS) is 19.7. The highest BCUT2D eigenvalue weighted by Crippen LogP contribution is 2.22. The van der Waals surface area contributed by atoms with E-state index in [2.05, 4.69) is 15.9 Å². The molecule has 0 aromatic heterocycles. The van der Waals surface area contributed by atoms with E-state index in [1.165, 1.54) is 0 Å². The van der Waals surface area contributed by atoms with Crippen LogP contribution in [0.15, 0.2) is 22.7 Å². The predicted octanol–water partition coefficient (Wildman–Crippen LogP) is 2.32. The molecule has 2 N–H and O–H groups in total. The second-order valence-electron chi connectivity index (χ2n) is 4.49. The van der Waals surface area contributed by atoms with Crippen LogP contribution in [0.5, 0.6) is 0 Å². The van der Waals surface area contributed by atoms with Gasteiger partial charge in [0.15, 0.2) is 0 Å². The van der Waals surface area contributed by atoms with Crippen molar-refractivity contribution in [1.82, 2.24) is 4.90 Å². The first-order chi connectivity index (χ1) is 8.13. The summed E-state index contributed by atoms with van der Waals surface area (Å²) in [7, 11) is 0. The zero-order chi connectivity index (χ0) is 12.4. The Bertz CT molecular complexity index is 433. The number of carbonyl (C=O) groups is 1. The van der Waals surface area contributed by atoms with E-state index in [4.69, 9.17) is 5.73 Å². The summed E-state index contributed by atoms with van der Waals surface area (Å²) in [6, 6.07) is 5.95. The van der Waals surface area contributed by atoms with Gasteiger partial charge in [-0.2, -0.15) is 0 Å². The number of benzene rings is 1. The molecule has 1 aromatic rings.